The van der Waals surface area contributed by atoms with Crippen molar-refractivity contribution in [1.29, 1.82) is 0 Å². The lowest BCUT2D eigenvalue weighted by Gasteiger charge is -2.12. The van der Waals surface area contributed by atoms with E-state index in [1.807, 2.05) is 6.92 Å². The van der Waals surface area contributed by atoms with Crippen molar-refractivity contribution in [2.45, 2.75) is 32.7 Å². The molecule has 0 bridgehead atoms. The van der Waals surface area contributed by atoms with Crippen LogP contribution in [0.2, 0.25) is 0 Å². The second-order valence-electron chi connectivity index (χ2n) is 3.74. The lowest BCUT2D eigenvalue weighted by atomic mass is 10.2. The second-order valence-corrected chi connectivity index (χ2v) is 3.74. The number of pyridine rings is 1. The molecule has 0 radical (unpaired) electrons. The van der Waals surface area contributed by atoms with E-state index in [1.165, 1.54) is 6.20 Å². The number of amides is 1. The van der Waals surface area contributed by atoms with Crippen LogP contribution < -0.4 is 16.6 Å². The summed E-state index contributed by atoms with van der Waals surface area (Å²) in [6.45, 7) is 4.07. The molecule has 0 fully saturated rings. The number of rotatable bonds is 5. The van der Waals surface area contributed by atoms with Gasteiger partial charge in [0.1, 0.15) is 5.69 Å². The molecule has 1 amide bonds. The highest BCUT2D eigenvalue weighted by Crippen LogP contribution is 2.04. The zero-order chi connectivity index (χ0) is 12.0. The van der Waals surface area contributed by atoms with Crippen LogP contribution in [0.3, 0.4) is 0 Å². The summed E-state index contributed by atoms with van der Waals surface area (Å²) in [4.78, 5) is 15.7. The van der Waals surface area contributed by atoms with E-state index in [2.05, 4.69) is 22.7 Å². The van der Waals surface area contributed by atoms with Crippen LogP contribution in [0.15, 0.2) is 18.3 Å². The van der Waals surface area contributed by atoms with E-state index in [4.69, 9.17) is 5.84 Å². The third-order valence-electron chi connectivity index (χ3n) is 2.26. The van der Waals surface area contributed by atoms with E-state index in [9.17, 15) is 4.79 Å². The number of anilines is 1. The molecule has 0 aliphatic rings. The SMILES string of the molecule is CCCC(C)NC(=O)c1ccc(NN)cn1. The molecule has 0 aromatic carbocycles. The molecule has 1 aromatic heterocycles. The lowest BCUT2D eigenvalue weighted by molar-refractivity contribution is 0.0933. The van der Waals surface area contributed by atoms with Crippen molar-refractivity contribution in [3.8, 4) is 0 Å². The number of hydrazine groups is 1. The largest absolute Gasteiger partial charge is 0.348 e. The molecule has 16 heavy (non-hydrogen) atoms. The van der Waals surface area contributed by atoms with Gasteiger partial charge in [0, 0.05) is 6.04 Å². The Morgan fingerprint density at radius 1 is 1.56 bits per heavy atom. The topological polar surface area (TPSA) is 80.0 Å². The highest BCUT2D eigenvalue weighted by molar-refractivity contribution is 5.92. The highest BCUT2D eigenvalue weighted by atomic mass is 16.1. The fraction of sp³-hybridized carbons (Fsp3) is 0.455. The van der Waals surface area contributed by atoms with Crippen molar-refractivity contribution < 1.29 is 4.79 Å². The van der Waals surface area contributed by atoms with E-state index in [-0.39, 0.29) is 11.9 Å². The third-order valence-corrected chi connectivity index (χ3v) is 2.26. The molecule has 4 N–H and O–H groups in total. The van der Waals surface area contributed by atoms with Gasteiger partial charge in [0.2, 0.25) is 0 Å². The maximum Gasteiger partial charge on any atom is 0.270 e. The fourth-order valence-electron chi connectivity index (χ4n) is 1.42. The molecular weight excluding hydrogens is 204 g/mol. The van der Waals surface area contributed by atoms with E-state index in [0.29, 0.717) is 11.4 Å². The minimum absolute atomic E-state index is 0.149. The van der Waals surface area contributed by atoms with Crippen molar-refractivity contribution in [3.05, 3.63) is 24.0 Å². The predicted molar refractivity (Wildman–Crippen MR) is 63.9 cm³/mol. The highest BCUT2D eigenvalue weighted by Gasteiger charge is 2.09. The summed E-state index contributed by atoms with van der Waals surface area (Å²) < 4.78 is 0. The average Bonchev–Trinajstić information content (AvgIpc) is 2.29. The maximum absolute atomic E-state index is 11.7. The van der Waals surface area contributed by atoms with Crippen LogP contribution in [0.1, 0.15) is 37.2 Å². The van der Waals surface area contributed by atoms with Gasteiger partial charge in [-0.15, -0.1) is 0 Å². The molecule has 0 saturated carbocycles. The Morgan fingerprint density at radius 2 is 2.31 bits per heavy atom. The Kier molecular flexibility index (Phi) is 4.72. The second kappa shape index (κ2) is 6.07. The molecule has 0 aliphatic heterocycles. The standard InChI is InChI=1S/C11H18N4O/c1-3-4-8(2)14-11(16)10-6-5-9(15-12)7-13-10/h5-8,15H,3-4,12H2,1-2H3,(H,14,16). The van der Waals surface area contributed by atoms with Gasteiger partial charge in [-0.2, -0.15) is 0 Å². The number of nitrogens with one attached hydrogen (secondary N) is 2. The molecule has 88 valence electrons. The van der Waals surface area contributed by atoms with Crippen molar-refractivity contribution in [1.82, 2.24) is 10.3 Å². The van der Waals surface area contributed by atoms with Crippen LogP contribution in [-0.4, -0.2) is 16.9 Å². The van der Waals surface area contributed by atoms with Gasteiger partial charge in [-0.05, 0) is 25.5 Å². The summed E-state index contributed by atoms with van der Waals surface area (Å²) in [5.74, 6) is 5.06. The molecule has 0 saturated heterocycles. The third kappa shape index (κ3) is 3.51. The monoisotopic (exact) mass is 222 g/mol. The fourth-order valence-corrected chi connectivity index (χ4v) is 1.42. The number of carbonyl (C=O) groups is 1. The minimum Gasteiger partial charge on any atom is -0.348 e. The van der Waals surface area contributed by atoms with Crippen molar-refractivity contribution in [2.75, 3.05) is 5.43 Å². The summed E-state index contributed by atoms with van der Waals surface area (Å²) in [5, 5.41) is 2.88. The first-order valence-corrected chi connectivity index (χ1v) is 5.41. The Labute approximate surface area is 95.4 Å². The van der Waals surface area contributed by atoms with Gasteiger partial charge < -0.3 is 10.7 Å². The van der Waals surface area contributed by atoms with Gasteiger partial charge in [0.15, 0.2) is 0 Å². The van der Waals surface area contributed by atoms with Gasteiger partial charge in [-0.25, -0.2) is 4.98 Å². The number of nitrogens with two attached hydrogens (primary N) is 1. The smallest absolute Gasteiger partial charge is 0.270 e. The van der Waals surface area contributed by atoms with Crippen molar-refractivity contribution >= 4 is 11.6 Å². The number of hydrogen-bond donors (Lipinski definition) is 3. The molecule has 1 heterocycles. The van der Waals surface area contributed by atoms with E-state index < -0.39 is 0 Å². The van der Waals surface area contributed by atoms with Crippen LogP contribution in [0.25, 0.3) is 0 Å². The summed E-state index contributed by atoms with van der Waals surface area (Å²) in [6, 6.07) is 3.53. The van der Waals surface area contributed by atoms with Gasteiger partial charge in [0.05, 0.1) is 11.9 Å². The van der Waals surface area contributed by atoms with E-state index in [0.717, 1.165) is 12.8 Å². The first kappa shape index (κ1) is 12.4. The molecule has 0 spiro atoms. The number of carbonyl (C=O) groups excluding carboxylic acids is 1. The van der Waals surface area contributed by atoms with Crippen LogP contribution in [0.4, 0.5) is 5.69 Å². The Hall–Kier alpha value is -1.62. The Morgan fingerprint density at radius 3 is 2.81 bits per heavy atom. The van der Waals surface area contributed by atoms with Gasteiger partial charge >= 0.3 is 0 Å². The summed E-state index contributed by atoms with van der Waals surface area (Å²) in [5.41, 5.74) is 3.54. The summed E-state index contributed by atoms with van der Waals surface area (Å²) >= 11 is 0. The number of nitrogens with zero attached hydrogens (tertiary/aromatic N) is 1. The molecule has 5 heteroatoms. The van der Waals surface area contributed by atoms with Gasteiger partial charge in [-0.3, -0.25) is 10.6 Å². The van der Waals surface area contributed by atoms with E-state index >= 15 is 0 Å². The van der Waals surface area contributed by atoms with Crippen LogP contribution in [0, 0.1) is 0 Å². The molecule has 1 unspecified atom stereocenters. The zero-order valence-electron chi connectivity index (χ0n) is 9.66. The summed E-state index contributed by atoms with van der Waals surface area (Å²) in [6.07, 6.45) is 3.54. The molecule has 1 aromatic rings. The number of nitrogen functional groups attached to an aromatic ring is 1. The first-order valence-electron chi connectivity index (χ1n) is 5.41. The van der Waals surface area contributed by atoms with E-state index in [1.54, 1.807) is 12.1 Å². The van der Waals surface area contributed by atoms with Crippen molar-refractivity contribution in [3.63, 3.8) is 0 Å². The normalized spacial score (nSPS) is 11.9. The molecule has 0 aliphatic carbocycles. The Balaban J connectivity index is 2.59. The van der Waals surface area contributed by atoms with Gasteiger partial charge in [0.25, 0.3) is 5.91 Å². The number of hydrogen-bond acceptors (Lipinski definition) is 4. The predicted octanol–water partition coefficient (Wildman–Crippen LogP) is 1.29. The van der Waals surface area contributed by atoms with Crippen LogP contribution >= 0.6 is 0 Å². The van der Waals surface area contributed by atoms with Crippen molar-refractivity contribution in [2.24, 2.45) is 5.84 Å². The lowest BCUT2D eigenvalue weighted by Crippen LogP contribution is -2.32. The molecular formula is C11H18N4O. The van der Waals surface area contributed by atoms with Crippen LogP contribution in [-0.2, 0) is 0 Å². The summed E-state index contributed by atoms with van der Waals surface area (Å²) in [7, 11) is 0. The maximum atomic E-state index is 11.7. The number of aromatic nitrogens is 1. The minimum atomic E-state index is -0.149. The average molecular weight is 222 g/mol. The molecule has 1 atom stereocenters. The quantitative estimate of drug-likeness (QED) is 0.518. The first-order chi connectivity index (χ1) is 7.67. The molecule has 5 nitrogen and oxygen atoms in total. The Bertz CT molecular complexity index is 336. The molecule has 1 rings (SSSR count). The zero-order valence-corrected chi connectivity index (χ0v) is 9.66. The van der Waals surface area contributed by atoms with Crippen LogP contribution in [0.5, 0.6) is 0 Å². The van der Waals surface area contributed by atoms with Gasteiger partial charge in [-0.1, -0.05) is 13.3 Å².